The molecule has 0 aliphatic carbocycles. The highest BCUT2D eigenvalue weighted by Gasteiger charge is 2.50. The quantitative estimate of drug-likeness (QED) is 0.367. The van der Waals surface area contributed by atoms with Crippen molar-refractivity contribution in [3.05, 3.63) is 0 Å². The number of hydrogen-bond acceptors (Lipinski definition) is 9. The number of Topliss-reactive ketones (excluding diaryl/α,β-unsaturated/α-hetero) is 1. The molecule has 3 saturated heterocycles. The molecule has 0 aromatic heterocycles. The van der Waals surface area contributed by atoms with Crippen molar-refractivity contribution >= 4 is 11.8 Å². The highest BCUT2D eigenvalue weighted by atomic mass is 16.7. The average Bonchev–Trinajstić information content (AvgIpc) is 3.30. The van der Waals surface area contributed by atoms with E-state index in [2.05, 4.69) is 56.7 Å². The van der Waals surface area contributed by atoms with E-state index in [0.717, 1.165) is 32.5 Å². The van der Waals surface area contributed by atoms with E-state index in [1.54, 1.807) is 21.0 Å². The predicted molar refractivity (Wildman–Crippen MR) is 156 cm³/mol. The summed E-state index contributed by atoms with van der Waals surface area (Å²) in [6, 6.07) is 0.398. The Balaban J connectivity index is 1.96. The zero-order valence-electron chi connectivity index (χ0n) is 27.1. The van der Waals surface area contributed by atoms with Crippen molar-refractivity contribution < 1.29 is 28.5 Å². The van der Waals surface area contributed by atoms with E-state index in [9.17, 15) is 9.59 Å². The van der Waals surface area contributed by atoms with Crippen LogP contribution < -0.4 is 0 Å². The molecule has 0 spiro atoms. The van der Waals surface area contributed by atoms with Crippen LogP contribution in [-0.4, -0.2) is 124 Å². The number of nitrogens with zero attached hydrogens (tertiary/aromatic N) is 3. The molecule has 3 heterocycles. The summed E-state index contributed by atoms with van der Waals surface area (Å²) in [6.07, 6.45) is 2.34. The minimum absolute atomic E-state index is 0.0336. The molecule has 9 heteroatoms. The Morgan fingerprint density at radius 3 is 2.27 bits per heavy atom. The molecular weight excluding hydrogens is 510 g/mol. The average molecular weight is 568 g/mol. The summed E-state index contributed by atoms with van der Waals surface area (Å²) < 4.78 is 25.2. The molecule has 40 heavy (non-hydrogen) atoms. The molecule has 0 aromatic rings. The summed E-state index contributed by atoms with van der Waals surface area (Å²) >= 11 is 0. The summed E-state index contributed by atoms with van der Waals surface area (Å²) in [7, 11) is 10.1. The Kier molecular flexibility index (Phi) is 11.2. The Hall–Kier alpha value is -1.10. The first-order chi connectivity index (χ1) is 18.6. The van der Waals surface area contributed by atoms with Gasteiger partial charge in [0, 0.05) is 44.6 Å². The first kappa shape index (κ1) is 33.4. The van der Waals surface area contributed by atoms with Crippen LogP contribution in [0, 0.1) is 23.2 Å². The van der Waals surface area contributed by atoms with Gasteiger partial charge in [-0.05, 0) is 93.5 Å². The summed E-state index contributed by atoms with van der Waals surface area (Å²) in [4.78, 5) is 34.5. The summed E-state index contributed by atoms with van der Waals surface area (Å²) in [6.45, 7) is 14.7. The van der Waals surface area contributed by atoms with Gasteiger partial charge in [-0.3, -0.25) is 14.5 Å². The van der Waals surface area contributed by atoms with Gasteiger partial charge in [0.15, 0.2) is 12.1 Å². The maximum atomic E-state index is 14.1. The lowest BCUT2D eigenvalue weighted by Crippen LogP contribution is -2.55. The SMILES string of the molecule is CO[C@]1(C)C[C@@H](C)CN(C)[C@H]([C@@H]2CCN(C)C2)COC(=O)C(C)(C)C(=O)[C@H](C)[C@H]1O[C@H]1C[C@@H](N(C)C)C[C@@H](C)O1. The van der Waals surface area contributed by atoms with Gasteiger partial charge < -0.3 is 28.7 Å². The van der Waals surface area contributed by atoms with Crippen LogP contribution in [0.4, 0.5) is 0 Å². The van der Waals surface area contributed by atoms with Crippen LogP contribution >= 0.6 is 0 Å². The number of esters is 1. The molecule has 0 unspecified atom stereocenters. The van der Waals surface area contributed by atoms with Crippen LogP contribution in [0.15, 0.2) is 0 Å². The fourth-order valence-corrected chi connectivity index (χ4v) is 7.29. The molecule has 0 radical (unpaired) electrons. The number of carbonyl (C=O) groups excluding carboxylic acids is 2. The Morgan fingerprint density at radius 1 is 1.02 bits per heavy atom. The molecular formula is C31H57N3O6. The first-order valence-electron chi connectivity index (χ1n) is 15.2. The minimum atomic E-state index is -1.32. The third kappa shape index (κ3) is 7.64. The van der Waals surface area contributed by atoms with Crippen LogP contribution in [0.3, 0.4) is 0 Å². The van der Waals surface area contributed by atoms with E-state index in [0.29, 0.717) is 24.8 Å². The fourth-order valence-electron chi connectivity index (χ4n) is 7.29. The Labute approximate surface area is 243 Å². The lowest BCUT2D eigenvalue weighted by molar-refractivity contribution is -0.263. The molecule has 3 fully saturated rings. The molecule has 9 atom stereocenters. The Bertz CT molecular complexity index is 868. The van der Waals surface area contributed by atoms with Gasteiger partial charge in [0.25, 0.3) is 0 Å². The highest BCUT2D eigenvalue weighted by Crippen LogP contribution is 2.38. The van der Waals surface area contributed by atoms with Crippen molar-refractivity contribution in [2.45, 2.75) is 103 Å². The molecule has 9 nitrogen and oxygen atoms in total. The van der Waals surface area contributed by atoms with Crippen molar-refractivity contribution in [3.63, 3.8) is 0 Å². The number of methoxy groups -OCH3 is 1. The van der Waals surface area contributed by atoms with E-state index in [-0.39, 0.29) is 30.5 Å². The summed E-state index contributed by atoms with van der Waals surface area (Å²) in [5.41, 5.74) is -2.10. The van der Waals surface area contributed by atoms with E-state index < -0.39 is 35.3 Å². The molecule has 0 amide bonds. The number of rotatable bonds is 5. The fraction of sp³-hybridized carbons (Fsp3) is 0.935. The lowest BCUT2D eigenvalue weighted by Gasteiger charge is -2.45. The van der Waals surface area contributed by atoms with Crippen LogP contribution in [-0.2, 0) is 28.5 Å². The van der Waals surface area contributed by atoms with Gasteiger partial charge in [-0.1, -0.05) is 13.8 Å². The minimum Gasteiger partial charge on any atom is -0.463 e. The number of cyclic esters (lactones) is 1. The molecule has 3 aliphatic heterocycles. The second kappa shape index (κ2) is 13.5. The second-order valence-electron chi connectivity index (χ2n) is 14.0. The number of ketones is 1. The van der Waals surface area contributed by atoms with E-state index in [1.165, 1.54) is 0 Å². The predicted octanol–water partition coefficient (Wildman–Crippen LogP) is 3.30. The number of likely N-dealkylation sites (N-methyl/N-ethyl adjacent to an activating group) is 1. The zero-order chi connectivity index (χ0) is 30.0. The Morgan fingerprint density at radius 2 is 1.70 bits per heavy atom. The van der Waals surface area contributed by atoms with Crippen molar-refractivity contribution in [1.82, 2.24) is 14.7 Å². The van der Waals surface area contributed by atoms with Crippen LogP contribution in [0.2, 0.25) is 0 Å². The largest absolute Gasteiger partial charge is 0.463 e. The molecule has 232 valence electrons. The van der Waals surface area contributed by atoms with Gasteiger partial charge in [-0.15, -0.1) is 0 Å². The van der Waals surface area contributed by atoms with Gasteiger partial charge in [-0.25, -0.2) is 0 Å². The van der Waals surface area contributed by atoms with Crippen LogP contribution in [0.25, 0.3) is 0 Å². The summed E-state index contributed by atoms with van der Waals surface area (Å²) in [5, 5.41) is 0. The molecule has 0 aromatic carbocycles. The monoisotopic (exact) mass is 567 g/mol. The molecule has 0 saturated carbocycles. The normalized spacial score (nSPS) is 41.3. The number of carbonyl (C=O) groups is 2. The first-order valence-corrected chi connectivity index (χ1v) is 15.2. The van der Waals surface area contributed by atoms with Crippen molar-refractivity contribution in [3.8, 4) is 0 Å². The maximum absolute atomic E-state index is 14.1. The number of ether oxygens (including phenoxy) is 4. The third-order valence-electron chi connectivity index (χ3n) is 9.82. The second-order valence-corrected chi connectivity index (χ2v) is 14.0. The molecule has 0 bridgehead atoms. The number of likely N-dealkylation sites (tertiary alicyclic amines) is 1. The van der Waals surface area contributed by atoms with Crippen molar-refractivity contribution in [1.29, 1.82) is 0 Å². The van der Waals surface area contributed by atoms with E-state index in [4.69, 9.17) is 18.9 Å². The molecule has 0 N–H and O–H groups in total. The van der Waals surface area contributed by atoms with E-state index in [1.807, 2.05) is 13.8 Å². The van der Waals surface area contributed by atoms with Crippen LogP contribution in [0.1, 0.15) is 67.2 Å². The van der Waals surface area contributed by atoms with Gasteiger partial charge >= 0.3 is 5.97 Å². The van der Waals surface area contributed by atoms with Gasteiger partial charge in [-0.2, -0.15) is 0 Å². The van der Waals surface area contributed by atoms with Gasteiger partial charge in [0.05, 0.1) is 17.8 Å². The standard InChI is InChI=1S/C31H57N3O6/c1-20-16-31(6,37-11)28(40-26-15-24(32(7)8)14-21(2)39-26)22(3)27(35)30(4,5)29(36)38-19-25(34(10)17-20)23-12-13-33(9)18-23/h20-26,28H,12-19H2,1-11H3/t20-,21-,22+,23-,24+,25+,26+,28-,31-/m1/s1. The summed E-state index contributed by atoms with van der Waals surface area (Å²) in [5.74, 6) is -0.644. The van der Waals surface area contributed by atoms with Gasteiger partial charge in [0.2, 0.25) is 0 Å². The third-order valence-corrected chi connectivity index (χ3v) is 9.82. The maximum Gasteiger partial charge on any atom is 0.319 e. The van der Waals surface area contributed by atoms with E-state index >= 15 is 0 Å². The smallest absolute Gasteiger partial charge is 0.319 e. The highest BCUT2D eigenvalue weighted by molar-refractivity contribution is 6.04. The molecule has 3 aliphatic rings. The zero-order valence-corrected chi connectivity index (χ0v) is 27.1. The molecule has 3 rings (SSSR count). The van der Waals surface area contributed by atoms with Crippen LogP contribution in [0.5, 0.6) is 0 Å². The lowest BCUT2D eigenvalue weighted by atomic mass is 9.74. The number of hydrogen-bond donors (Lipinski definition) is 0. The van der Waals surface area contributed by atoms with Crippen molar-refractivity contribution in [2.24, 2.45) is 23.2 Å². The topological polar surface area (TPSA) is 80.8 Å². The van der Waals surface area contributed by atoms with Crippen molar-refractivity contribution in [2.75, 3.05) is 61.5 Å². The van der Waals surface area contributed by atoms with Gasteiger partial charge in [0.1, 0.15) is 12.0 Å².